The van der Waals surface area contributed by atoms with Crippen molar-refractivity contribution in [2.75, 3.05) is 5.32 Å². The van der Waals surface area contributed by atoms with E-state index in [2.05, 4.69) is 15.4 Å². The van der Waals surface area contributed by atoms with E-state index in [1.807, 2.05) is 60.3 Å². The lowest BCUT2D eigenvalue weighted by Crippen LogP contribution is -2.03. The molecule has 0 atom stereocenters. The summed E-state index contributed by atoms with van der Waals surface area (Å²) in [5, 5.41) is 8.28. The lowest BCUT2D eigenvalue weighted by Gasteiger charge is -2.07. The predicted molar refractivity (Wildman–Crippen MR) is 84.9 cm³/mol. The number of anilines is 1. The van der Waals surface area contributed by atoms with Gasteiger partial charge in [0.25, 0.3) is 0 Å². The van der Waals surface area contributed by atoms with Crippen molar-refractivity contribution in [1.29, 1.82) is 0 Å². The highest BCUT2D eigenvalue weighted by molar-refractivity contribution is 6.31. The predicted octanol–water partition coefficient (Wildman–Crippen LogP) is 3.84. The van der Waals surface area contributed by atoms with Gasteiger partial charge in [-0.2, -0.15) is 5.10 Å². The second-order valence-electron chi connectivity index (χ2n) is 4.79. The number of rotatable bonds is 4. The van der Waals surface area contributed by atoms with Crippen LogP contribution in [0.25, 0.3) is 5.69 Å². The lowest BCUT2D eigenvalue weighted by molar-refractivity contribution is 0.844. The highest BCUT2D eigenvalue weighted by atomic mass is 35.5. The fourth-order valence-electron chi connectivity index (χ4n) is 2.04. The molecule has 2 heterocycles. The molecule has 5 heteroatoms. The molecule has 106 valence electrons. The summed E-state index contributed by atoms with van der Waals surface area (Å²) >= 11 is 6.06. The number of hydrogen-bond donors (Lipinski definition) is 1. The number of hydrogen-bond acceptors (Lipinski definition) is 3. The molecule has 3 aromatic rings. The van der Waals surface area contributed by atoms with Crippen LogP contribution in [0.15, 0.2) is 54.9 Å². The Bertz CT molecular complexity index is 737. The molecule has 0 spiro atoms. The van der Waals surface area contributed by atoms with Crippen molar-refractivity contribution < 1.29 is 0 Å². The molecule has 1 aromatic carbocycles. The van der Waals surface area contributed by atoms with Crippen molar-refractivity contribution in [3.8, 4) is 5.69 Å². The van der Waals surface area contributed by atoms with Crippen molar-refractivity contribution in [3.63, 3.8) is 0 Å². The maximum absolute atomic E-state index is 6.06. The van der Waals surface area contributed by atoms with Gasteiger partial charge in [-0.1, -0.05) is 29.8 Å². The van der Waals surface area contributed by atoms with Crippen LogP contribution < -0.4 is 5.32 Å². The van der Waals surface area contributed by atoms with Crippen molar-refractivity contribution >= 4 is 17.3 Å². The minimum absolute atomic E-state index is 0.475. The first-order chi connectivity index (χ1) is 10.2. The smallest absolute Gasteiger partial charge is 0.152 e. The van der Waals surface area contributed by atoms with E-state index < -0.39 is 0 Å². The summed E-state index contributed by atoms with van der Waals surface area (Å²) in [6.07, 6.45) is 3.69. The summed E-state index contributed by atoms with van der Waals surface area (Å²) < 4.78 is 1.85. The molecule has 0 aliphatic carbocycles. The molecule has 0 amide bonds. The second-order valence-corrected chi connectivity index (χ2v) is 5.15. The van der Waals surface area contributed by atoms with Gasteiger partial charge in [-0.15, -0.1) is 0 Å². The number of nitrogens with zero attached hydrogens (tertiary/aromatic N) is 3. The minimum Gasteiger partial charge on any atom is -0.377 e. The van der Waals surface area contributed by atoms with Crippen molar-refractivity contribution in [2.24, 2.45) is 0 Å². The first kappa shape index (κ1) is 13.6. The zero-order valence-corrected chi connectivity index (χ0v) is 12.4. The van der Waals surface area contributed by atoms with Gasteiger partial charge in [-0.05, 0) is 36.8 Å². The van der Waals surface area contributed by atoms with Crippen LogP contribution in [0.2, 0.25) is 5.15 Å². The fraction of sp³-hybridized carbons (Fsp3) is 0.125. The first-order valence-electron chi connectivity index (χ1n) is 6.68. The van der Waals surface area contributed by atoms with Crippen LogP contribution in [0.3, 0.4) is 0 Å². The highest BCUT2D eigenvalue weighted by Crippen LogP contribution is 2.20. The third-order valence-electron chi connectivity index (χ3n) is 3.10. The molecule has 0 saturated heterocycles. The van der Waals surface area contributed by atoms with Crippen molar-refractivity contribution in [2.45, 2.75) is 13.5 Å². The van der Waals surface area contributed by atoms with Crippen LogP contribution in [0.1, 0.15) is 11.3 Å². The molecule has 0 aliphatic rings. The van der Waals surface area contributed by atoms with Gasteiger partial charge in [-0.25, -0.2) is 9.67 Å². The van der Waals surface area contributed by atoms with E-state index in [1.165, 1.54) is 0 Å². The minimum atomic E-state index is 0.475. The SMILES string of the molecule is Cc1cnc(Cl)c(NCc2ccn(-c3ccccc3)n2)c1. The summed E-state index contributed by atoms with van der Waals surface area (Å²) in [6.45, 7) is 2.59. The van der Waals surface area contributed by atoms with E-state index >= 15 is 0 Å². The van der Waals surface area contributed by atoms with E-state index in [9.17, 15) is 0 Å². The number of halogens is 1. The normalized spacial score (nSPS) is 10.6. The fourth-order valence-corrected chi connectivity index (χ4v) is 2.21. The second kappa shape index (κ2) is 5.97. The third-order valence-corrected chi connectivity index (χ3v) is 3.40. The monoisotopic (exact) mass is 298 g/mol. The molecule has 4 nitrogen and oxygen atoms in total. The van der Waals surface area contributed by atoms with E-state index in [0.29, 0.717) is 11.7 Å². The van der Waals surface area contributed by atoms with Gasteiger partial charge < -0.3 is 5.32 Å². The van der Waals surface area contributed by atoms with Crippen LogP contribution in [0.4, 0.5) is 5.69 Å². The molecule has 21 heavy (non-hydrogen) atoms. The average molecular weight is 299 g/mol. The molecule has 0 bridgehead atoms. The van der Waals surface area contributed by atoms with Gasteiger partial charge in [0.1, 0.15) is 0 Å². The number of aromatic nitrogens is 3. The number of nitrogens with one attached hydrogen (secondary N) is 1. The van der Waals surface area contributed by atoms with Gasteiger partial charge >= 0.3 is 0 Å². The zero-order valence-electron chi connectivity index (χ0n) is 11.6. The largest absolute Gasteiger partial charge is 0.377 e. The molecular weight excluding hydrogens is 284 g/mol. The topological polar surface area (TPSA) is 42.7 Å². The van der Waals surface area contributed by atoms with E-state index in [0.717, 1.165) is 22.6 Å². The Morgan fingerprint density at radius 1 is 1.19 bits per heavy atom. The summed E-state index contributed by atoms with van der Waals surface area (Å²) in [5.74, 6) is 0. The number of pyridine rings is 1. The molecular formula is C16H15ClN4. The van der Waals surface area contributed by atoms with Gasteiger partial charge in [0.05, 0.1) is 23.6 Å². The Kier molecular flexibility index (Phi) is 3.88. The number of benzene rings is 1. The maximum Gasteiger partial charge on any atom is 0.152 e. The Balaban J connectivity index is 1.72. The van der Waals surface area contributed by atoms with Crippen LogP contribution in [-0.2, 0) is 6.54 Å². The molecule has 0 radical (unpaired) electrons. The number of para-hydroxylation sites is 1. The summed E-state index contributed by atoms with van der Waals surface area (Å²) in [5.41, 5.74) is 3.87. The van der Waals surface area contributed by atoms with Gasteiger partial charge in [0.15, 0.2) is 5.15 Å². The Labute approximate surface area is 128 Å². The van der Waals surface area contributed by atoms with Crippen molar-refractivity contribution in [3.05, 3.63) is 71.3 Å². The van der Waals surface area contributed by atoms with E-state index in [1.54, 1.807) is 6.20 Å². The first-order valence-corrected chi connectivity index (χ1v) is 7.06. The third kappa shape index (κ3) is 3.23. The molecule has 0 unspecified atom stereocenters. The highest BCUT2D eigenvalue weighted by Gasteiger charge is 2.04. The molecule has 1 N–H and O–H groups in total. The Hall–Kier alpha value is -2.33. The average Bonchev–Trinajstić information content (AvgIpc) is 2.98. The molecule has 2 aromatic heterocycles. The summed E-state index contributed by atoms with van der Waals surface area (Å²) in [4.78, 5) is 4.12. The quantitative estimate of drug-likeness (QED) is 0.744. The van der Waals surface area contributed by atoms with E-state index in [-0.39, 0.29) is 0 Å². The summed E-state index contributed by atoms with van der Waals surface area (Å²) in [6, 6.07) is 14.0. The Morgan fingerprint density at radius 3 is 2.81 bits per heavy atom. The van der Waals surface area contributed by atoms with Crippen LogP contribution in [-0.4, -0.2) is 14.8 Å². The molecule has 3 rings (SSSR count). The zero-order chi connectivity index (χ0) is 14.7. The Morgan fingerprint density at radius 2 is 2.00 bits per heavy atom. The standard InChI is InChI=1S/C16H15ClN4/c1-12-9-15(16(17)19-10-12)18-11-13-7-8-21(20-13)14-5-3-2-4-6-14/h2-10,18H,11H2,1H3. The van der Waals surface area contributed by atoms with E-state index in [4.69, 9.17) is 11.6 Å². The van der Waals surface area contributed by atoms with Gasteiger partial charge in [0, 0.05) is 12.4 Å². The van der Waals surface area contributed by atoms with Crippen LogP contribution >= 0.6 is 11.6 Å². The van der Waals surface area contributed by atoms with Crippen LogP contribution in [0, 0.1) is 6.92 Å². The maximum atomic E-state index is 6.06. The van der Waals surface area contributed by atoms with Gasteiger partial charge in [0.2, 0.25) is 0 Å². The lowest BCUT2D eigenvalue weighted by atomic mass is 10.3. The van der Waals surface area contributed by atoms with Crippen molar-refractivity contribution in [1.82, 2.24) is 14.8 Å². The molecule has 0 aliphatic heterocycles. The molecule has 0 fully saturated rings. The van der Waals surface area contributed by atoms with Gasteiger partial charge in [-0.3, -0.25) is 0 Å². The molecule has 0 saturated carbocycles. The summed E-state index contributed by atoms with van der Waals surface area (Å²) in [7, 11) is 0. The van der Waals surface area contributed by atoms with Crippen LogP contribution in [0.5, 0.6) is 0 Å². The number of aryl methyl sites for hydroxylation is 1.